The molecule has 92 valence electrons. The molecule has 0 aromatic heterocycles. The fourth-order valence-corrected chi connectivity index (χ4v) is 2.03. The number of hydrogen-bond donors (Lipinski definition) is 2. The number of piperidine rings is 1. The van der Waals surface area contributed by atoms with Crippen LogP contribution in [0, 0.1) is 12.7 Å². The van der Waals surface area contributed by atoms with Crippen molar-refractivity contribution in [2.24, 2.45) is 0 Å². The molecule has 1 amide bonds. The second-order valence-electron chi connectivity index (χ2n) is 4.46. The Hall–Kier alpha value is -1.42. The summed E-state index contributed by atoms with van der Waals surface area (Å²) in [6, 6.07) is 4.49. The zero-order valence-electron chi connectivity index (χ0n) is 9.92. The lowest BCUT2D eigenvalue weighted by molar-refractivity contribution is -0.118. The number of carbonyl (C=O) groups excluding carboxylic acids is 1. The number of amides is 1. The minimum absolute atomic E-state index is 0.0318. The maximum absolute atomic E-state index is 13.1. The van der Waals surface area contributed by atoms with Gasteiger partial charge in [0, 0.05) is 5.69 Å². The van der Waals surface area contributed by atoms with E-state index in [2.05, 4.69) is 10.6 Å². The zero-order valence-corrected chi connectivity index (χ0v) is 9.92. The predicted molar refractivity (Wildman–Crippen MR) is 65.4 cm³/mol. The number of rotatable bonds is 2. The van der Waals surface area contributed by atoms with Gasteiger partial charge < -0.3 is 10.6 Å². The standard InChI is InChI=1S/C13H17FN2O/c1-9-8-10(5-6-11(9)14)16-13(17)12-4-2-3-7-15-12/h5-6,8,12,15H,2-4,7H2,1H3,(H,16,17)/t12-/m1/s1. The molecule has 0 unspecified atom stereocenters. The summed E-state index contributed by atoms with van der Waals surface area (Å²) < 4.78 is 13.1. The number of aryl methyl sites for hydroxylation is 1. The molecule has 3 nitrogen and oxygen atoms in total. The normalized spacial score (nSPS) is 20.0. The highest BCUT2D eigenvalue weighted by Crippen LogP contribution is 2.15. The third-order valence-electron chi connectivity index (χ3n) is 3.05. The van der Waals surface area contributed by atoms with Gasteiger partial charge in [-0.05, 0) is 50.1 Å². The van der Waals surface area contributed by atoms with Gasteiger partial charge in [-0.15, -0.1) is 0 Å². The SMILES string of the molecule is Cc1cc(NC(=O)[C@H]2CCCCN2)ccc1F. The average molecular weight is 236 g/mol. The van der Waals surface area contributed by atoms with Crippen molar-refractivity contribution in [3.63, 3.8) is 0 Å². The molecule has 0 aliphatic carbocycles. The van der Waals surface area contributed by atoms with Gasteiger partial charge in [-0.2, -0.15) is 0 Å². The Bertz CT molecular complexity index is 414. The first kappa shape index (κ1) is 12.0. The van der Waals surface area contributed by atoms with Crippen LogP contribution in [0.3, 0.4) is 0 Å². The third kappa shape index (κ3) is 3.03. The largest absolute Gasteiger partial charge is 0.325 e. The maximum atomic E-state index is 13.1. The van der Waals surface area contributed by atoms with Crippen molar-refractivity contribution >= 4 is 11.6 Å². The van der Waals surface area contributed by atoms with Gasteiger partial charge in [0.1, 0.15) is 5.82 Å². The third-order valence-corrected chi connectivity index (χ3v) is 3.05. The molecule has 1 heterocycles. The molecule has 2 rings (SSSR count). The van der Waals surface area contributed by atoms with Gasteiger partial charge >= 0.3 is 0 Å². The number of benzene rings is 1. The van der Waals surface area contributed by atoms with E-state index in [-0.39, 0.29) is 17.8 Å². The minimum atomic E-state index is -0.251. The molecule has 4 heteroatoms. The number of halogens is 1. The van der Waals surface area contributed by atoms with Crippen molar-refractivity contribution in [1.29, 1.82) is 0 Å². The summed E-state index contributed by atoms with van der Waals surface area (Å²) in [5, 5.41) is 5.99. The van der Waals surface area contributed by atoms with Gasteiger partial charge in [0.25, 0.3) is 0 Å². The first-order chi connectivity index (χ1) is 8.16. The van der Waals surface area contributed by atoms with Gasteiger partial charge in [0.2, 0.25) is 5.91 Å². The van der Waals surface area contributed by atoms with E-state index in [0.29, 0.717) is 11.3 Å². The van der Waals surface area contributed by atoms with Crippen LogP contribution in [0.4, 0.5) is 10.1 Å². The fraction of sp³-hybridized carbons (Fsp3) is 0.462. The van der Waals surface area contributed by atoms with Gasteiger partial charge in [0.15, 0.2) is 0 Å². The van der Waals surface area contributed by atoms with E-state index in [4.69, 9.17) is 0 Å². The fourth-order valence-electron chi connectivity index (χ4n) is 2.03. The Kier molecular flexibility index (Phi) is 3.74. The van der Waals surface area contributed by atoms with Crippen molar-refractivity contribution in [3.05, 3.63) is 29.6 Å². The summed E-state index contributed by atoms with van der Waals surface area (Å²) in [7, 11) is 0. The number of anilines is 1. The van der Waals surface area contributed by atoms with Crippen molar-refractivity contribution in [2.75, 3.05) is 11.9 Å². The second kappa shape index (κ2) is 5.27. The number of nitrogens with one attached hydrogen (secondary N) is 2. The van der Waals surface area contributed by atoms with Crippen molar-refractivity contribution in [3.8, 4) is 0 Å². The van der Waals surface area contributed by atoms with Crippen LogP contribution < -0.4 is 10.6 Å². The predicted octanol–water partition coefficient (Wildman–Crippen LogP) is 2.21. The van der Waals surface area contributed by atoms with Gasteiger partial charge in [-0.3, -0.25) is 4.79 Å². The lowest BCUT2D eigenvalue weighted by Crippen LogP contribution is -2.43. The van der Waals surface area contributed by atoms with Crippen LogP contribution in [-0.2, 0) is 4.79 Å². The molecule has 1 fully saturated rings. The molecule has 1 aliphatic rings. The highest BCUT2D eigenvalue weighted by molar-refractivity contribution is 5.94. The Labute approximate surface area is 100 Å². The lowest BCUT2D eigenvalue weighted by atomic mass is 10.0. The quantitative estimate of drug-likeness (QED) is 0.826. The van der Waals surface area contributed by atoms with Crippen LogP contribution in [0.15, 0.2) is 18.2 Å². The summed E-state index contributed by atoms with van der Waals surface area (Å²) in [4.78, 5) is 11.9. The Morgan fingerprint density at radius 2 is 2.29 bits per heavy atom. The molecule has 1 aromatic rings. The molecule has 1 aromatic carbocycles. The monoisotopic (exact) mass is 236 g/mol. The van der Waals surface area contributed by atoms with Crippen LogP contribution in [0.1, 0.15) is 24.8 Å². The van der Waals surface area contributed by atoms with E-state index in [9.17, 15) is 9.18 Å². The molecular formula is C13H17FN2O. The molecule has 0 radical (unpaired) electrons. The Morgan fingerprint density at radius 3 is 2.94 bits per heavy atom. The highest BCUT2D eigenvalue weighted by Gasteiger charge is 2.20. The smallest absolute Gasteiger partial charge is 0.241 e. The molecule has 17 heavy (non-hydrogen) atoms. The second-order valence-corrected chi connectivity index (χ2v) is 4.46. The van der Waals surface area contributed by atoms with Crippen LogP contribution in [-0.4, -0.2) is 18.5 Å². The summed E-state index contributed by atoms with van der Waals surface area (Å²) in [6.45, 7) is 2.57. The van der Waals surface area contributed by atoms with Crippen LogP contribution >= 0.6 is 0 Å². The summed E-state index contributed by atoms with van der Waals surface area (Å²) in [6.07, 6.45) is 3.07. The van der Waals surface area contributed by atoms with Gasteiger partial charge in [-0.25, -0.2) is 4.39 Å². The van der Waals surface area contributed by atoms with E-state index >= 15 is 0 Å². The zero-order chi connectivity index (χ0) is 12.3. The Balaban J connectivity index is 1.99. The van der Waals surface area contributed by atoms with Crippen LogP contribution in [0.2, 0.25) is 0 Å². The summed E-state index contributed by atoms with van der Waals surface area (Å²) in [5.74, 6) is -0.283. The summed E-state index contributed by atoms with van der Waals surface area (Å²) >= 11 is 0. The molecular weight excluding hydrogens is 219 g/mol. The molecule has 1 aliphatic heterocycles. The van der Waals surface area contributed by atoms with Gasteiger partial charge in [0.05, 0.1) is 6.04 Å². The molecule has 1 atom stereocenters. The van der Waals surface area contributed by atoms with Crippen molar-refractivity contribution in [1.82, 2.24) is 5.32 Å². The maximum Gasteiger partial charge on any atom is 0.241 e. The minimum Gasteiger partial charge on any atom is -0.325 e. The number of carbonyl (C=O) groups is 1. The Morgan fingerprint density at radius 1 is 1.47 bits per heavy atom. The first-order valence-electron chi connectivity index (χ1n) is 5.97. The van der Waals surface area contributed by atoms with Crippen LogP contribution in [0.5, 0.6) is 0 Å². The molecule has 0 bridgehead atoms. The van der Waals surface area contributed by atoms with Gasteiger partial charge in [-0.1, -0.05) is 6.42 Å². The highest BCUT2D eigenvalue weighted by atomic mass is 19.1. The number of hydrogen-bond acceptors (Lipinski definition) is 2. The van der Waals surface area contributed by atoms with E-state index in [1.807, 2.05) is 0 Å². The molecule has 1 saturated heterocycles. The van der Waals surface area contributed by atoms with Crippen LogP contribution in [0.25, 0.3) is 0 Å². The first-order valence-corrected chi connectivity index (χ1v) is 5.97. The van der Waals surface area contributed by atoms with Crippen molar-refractivity contribution in [2.45, 2.75) is 32.2 Å². The van der Waals surface area contributed by atoms with E-state index in [0.717, 1.165) is 25.8 Å². The lowest BCUT2D eigenvalue weighted by Gasteiger charge is -2.22. The van der Waals surface area contributed by atoms with Crippen molar-refractivity contribution < 1.29 is 9.18 Å². The summed E-state index contributed by atoms with van der Waals surface area (Å²) in [5.41, 5.74) is 1.20. The average Bonchev–Trinajstić information content (AvgIpc) is 2.35. The molecule has 2 N–H and O–H groups in total. The van der Waals surface area contributed by atoms with E-state index in [1.165, 1.54) is 6.07 Å². The molecule has 0 saturated carbocycles. The van der Waals surface area contributed by atoms with E-state index in [1.54, 1.807) is 19.1 Å². The van der Waals surface area contributed by atoms with E-state index < -0.39 is 0 Å². The molecule has 0 spiro atoms. The topological polar surface area (TPSA) is 41.1 Å².